The van der Waals surface area contributed by atoms with Gasteiger partial charge in [0.05, 0.1) is 83.3 Å². The predicted molar refractivity (Wildman–Crippen MR) is 634 cm³/mol. The quantitative estimate of drug-likeness (QED) is 0.0979. The average Bonchev–Trinajstić information content (AvgIpc) is 1.58. The van der Waals surface area contributed by atoms with Gasteiger partial charge < -0.3 is 27.4 Å². The van der Waals surface area contributed by atoms with E-state index in [9.17, 15) is 0 Å². The number of aromatic nitrogens is 6. The Morgan fingerprint density at radius 3 is 0.640 bits per heavy atom. The summed E-state index contributed by atoms with van der Waals surface area (Å²) in [6.07, 6.45) is 0. The number of para-hydroxylation sites is 9. The fraction of sp³-hybridized carbons (Fsp3) is 0. The average molecular weight is 1910 g/mol. The highest BCUT2D eigenvalue weighted by Gasteiger charge is 2.26. The summed E-state index contributed by atoms with van der Waals surface area (Å²) in [5, 5.41) is 15.0. The Bertz CT molecular complexity index is 10100. The van der Waals surface area contributed by atoms with Crippen molar-refractivity contribution in [2.45, 2.75) is 0 Å². The maximum Gasteiger partial charge on any atom is 0.0546 e. The molecule has 0 atom stereocenters. The summed E-state index contributed by atoms with van der Waals surface area (Å²) in [7, 11) is 0. The van der Waals surface area contributed by atoms with Crippen LogP contribution in [0.15, 0.2) is 582 Å². The van der Waals surface area contributed by atoms with E-state index in [1.54, 1.807) is 0 Å². The van der Waals surface area contributed by atoms with Gasteiger partial charge >= 0.3 is 0 Å². The molecule has 0 radical (unpaired) electrons. The minimum absolute atomic E-state index is 1.17. The Kier molecular flexibility index (Phi) is 21.9. The highest BCUT2D eigenvalue weighted by molar-refractivity contribution is 6.18. The summed E-state index contributed by atoms with van der Waals surface area (Å²) in [6.45, 7) is 0. The molecule has 6 aromatic heterocycles. The first-order valence-electron chi connectivity index (χ1n) is 51.6. The second kappa shape index (κ2) is 37.4. The summed E-state index contributed by atoms with van der Waals surface area (Å²) >= 11 is 0. The van der Waals surface area contributed by atoms with Gasteiger partial charge in [-0.2, -0.15) is 0 Å². The molecule has 0 bridgehead atoms. The summed E-state index contributed by atoms with van der Waals surface area (Å²) in [4.78, 5) is 0. The number of fused-ring (bicyclic) bond motifs is 18. The summed E-state index contributed by atoms with van der Waals surface area (Å²) in [5.74, 6) is 0. The van der Waals surface area contributed by atoms with Crippen molar-refractivity contribution in [3.05, 3.63) is 582 Å². The second-order valence-electron chi connectivity index (χ2n) is 38.9. The van der Waals surface area contributed by atoms with E-state index in [0.717, 1.165) is 0 Å². The summed E-state index contributed by atoms with van der Waals surface area (Å²) in [6, 6.07) is 211. The van der Waals surface area contributed by atoms with E-state index < -0.39 is 0 Å². The van der Waals surface area contributed by atoms with Crippen LogP contribution in [0.3, 0.4) is 0 Å². The van der Waals surface area contributed by atoms with Crippen molar-refractivity contribution in [3.63, 3.8) is 0 Å². The first-order valence-corrected chi connectivity index (χ1v) is 51.6. The molecule has 0 aliphatic carbocycles. The van der Waals surface area contributed by atoms with Crippen LogP contribution in [0, 0.1) is 0 Å². The van der Waals surface area contributed by atoms with E-state index >= 15 is 0 Å². The second-order valence-corrected chi connectivity index (χ2v) is 38.9. The topological polar surface area (TPSA) is 29.6 Å². The monoisotopic (exact) mass is 1910 g/mol. The van der Waals surface area contributed by atoms with E-state index in [-0.39, 0.29) is 0 Å². The molecule has 150 heavy (non-hydrogen) atoms. The largest absolute Gasteiger partial charge is 0.309 e. The maximum atomic E-state index is 2.46. The number of benzene rings is 24. The molecule has 24 aromatic carbocycles. The van der Waals surface area contributed by atoms with Gasteiger partial charge in [-0.05, 0) is 253 Å². The van der Waals surface area contributed by atoms with Crippen molar-refractivity contribution < 1.29 is 0 Å². The van der Waals surface area contributed by atoms with Gasteiger partial charge in [0.15, 0.2) is 0 Å². The molecule has 702 valence electrons. The molecule has 0 unspecified atom stereocenters. The predicted octanol–water partition coefficient (Wildman–Crippen LogP) is 38.6. The van der Waals surface area contributed by atoms with E-state index in [2.05, 4.69) is 610 Å². The molecular formula is C144H96N6. The first-order chi connectivity index (χ1) is 74.5. The fourth-order valence-corrected chi connectivity index (χ4v) is 23.5. The zero-order chi connectivity index (χ0) is 99.1. The number of nitrogens with zero attached hydrogens (tertiary/aromatic N) is 6. The smallest absolute Gasteiger partial charge is 0.0546 e. The van der Waals surface area contributed by atoms with Crippen LogP contribution < -0.4 is 0 Å². The molecule has 0 aliphatic heterocycles. The molecule has 0 fully saturated rings. The first kappa shape index (κ1) is 87.8. The van der Waals surface area contributed by atoms with Gasteiger partial charge in [0.2, 0.25) is 0 Å². The molecule has 0 spiro atoms. The Morgan fingerprint density at radius 2 is 0.313 bits per heavy atom. The van der Waals surface area contributed by atoms with Crippen LogP contribution in [-0.2, 0) is 0 Å². The van der Waals surface area contributed by atoms with Gasteiger partial charge in [-0.3, -0.25) is 0 Å². The molecule has 6 heteroatoms. The van der Waals surface area contributed by atoms with Crippen LogP contribution in [0.2, 0.25) is 0 Å². The zero-order valence-corrected chi connectivity index (χ0v) is 82.1. The van der Waals surface area contributed by atoms with E-state index in [4.69, 9.17) is 0 Å². The highest BCUT2D eigenvalue weighted by atomic mass is 15.0. The van der Waals surface area contributed by atoms with Gasteiger partial charge in [0.25, 0.3) is 0 Å². The lowest BCUT2D eigenvalue weighted by Crippen LogP contribution is -1.99. The summed E-state index contributed by atoms with van der Waals surface area (Å²) in [5.41, 5.74) is 43.3. The van der Waals surface area contributed by atoms with E-state index in [1.807, 2.05) is 0 Å². The zero-order valence-electron chi connectivity index (χ0n) is 82.1. The lowest BCUT2D eigenvalue weighted by molar-refractivity contribution is 1.18. The van der Waals surface area contributed by atoms with Gasteiger partial charge in [-0.25, -0.2) is 0 Å². The molecular weight excluding hydrogens is 1810 g/mol. The Hall–Kier alpha value is -19.9. The molecule has 0 amide bonds. The Labute approximate surface area is 868 Å². The minimum Gasteiger partial charge on any atom is -0.309 e. The van der Waals surface area contributed by atoms with Gasteiger partial charge in [-0.1, -0.05) is 413 Å². The van der Waals surface area contributed by atoms with E-state index in [0.29, 0.717) is 0 Å². The number of hydrogen-bond donors (Lipinski definition) is 0. The van der Waals surface area contributed by atoms with Gasteiger partial charge in [-0.15, -0.1) is 0 Å². The maximum absolute atomic E-state index is 2.46. The van der Waals surface area contributed by atoms with Crippen molar-refractivity contribution in [2.24, 2.45) is 0 Å². The molecule has 30 aromatic rings. The van der Waals surface area contributed by atoms with Crippen molar-refractivity contribution in [1.29, 1.82) is 0 Å². The molecule has 0 N–H and O–H groups in total. The molecule has 6 nitrogen and oxygen atoms in total. The molecule has 6 heterocycles. The Balaban J connectivity index is 0.000000108. The summed E-state index contributed by atoms with van der Waals surface area (Å²) < 4.78 is 14.5. The fourth-order valence-electron chi connectivity index (χ4n) is 23.5. The number of rotatable bonds is 15. The highest BCUT2D eigenvalue weighted by Crippen LogP contribution is 2.49. The van der Waals surface area contributed by atoms with Crippen LogP contribution in [0.1, 0.15) is 0 Å². The standard InChI is InChI=1S/3C48H32N2/c1-4-15-33(16-5-1)38-23-14-26-47(48(38)34-17-6-2-7-18-34)50-44-25-13-11-22-40(44)42-32-36(28-30-46(42)50)35-27-29-45-41(31-35)39-21-10-12-24-43(39)49(45)37-19-8-3-9-20-37;1-4-14-33(15-5-1)37-24-27-39(34-16-6-2-7-17-34)48(32-37)50-45-23-13-11-21-41(45)43-31-36(26-29-47(43)50)35-25-28-46-42(30-35)40-20-10-12-22-44(40)49(46)38-18-8-3-9-19-38;1-4-14-33(15-5-1)35-24-27-46(41(30-35)34-16-6-2-7-17-34)50-45-23-13-11-21-40(45)43-32-37(26-29-48(43)50)36-25-28-47-42(31-36)39-20-10-12-22-44(39)49(47)38-18-8-3-9-19-38/h3*1-32H. The van der Waals surface area contributed by atoms with E-state index in [1.165, 1.54) is 265 Å². The van der Waals surface area contributed by atoms with Crippen LogP contribution in [0.25, 0.3) is 265 Å². The number of hydrogen-bond acceptors (Lipinski definition) is 0. The van der Waals surface area contributed by atoms with Crippen LogP contribution >= 0.6 is 0 Å². The van der Waals surface area contributed by atoms with Crippen molar-refractivity contribution >= 4 is 131 Å². The molecule has 0 saturated heterocycles. The van der Waals surface area contributed by atoms with Crippen LogP contribution in [-0.4, -0.2) is 27.4 Å². The van der Waals surface area contributed by atoms with Crippen molar-refractivity contribution in [2.75, 3.05) is 0 Å². The molecule has 0 saturated carbocycles. The Morgan fingerprint density at radius 1 is 0.0933 bits per heavy atom. The lowest BCUT2D eigenvalue weighted by Gasteiger charge is -2.18. The lowest BCUT2D eigenvalue weighted by atomic mass is 9.93. The molecule has 30 rings (SSSR count). The van der Waals surface area contributed by atoms with Crippen LogP contribution in [0.5, 0.6) is 0 Å². The third kappa shape index (κ3) is 15.3. The van der Waals surface area contributed by atoms with Gasteiger partial charge in [0.1, 0.15) is 0 Å². The van der Waals surface area contributed by atoms with Gasteiger partial charge in [0, 0.05) is 98.4 Å². The SMILES string of the molecule is c1ccc(-c2ccc(-c3ccccc3)c(-n3c4ccccc4c4cc(-c5ccc6c(c5)c5ccccc5n6-c5ccccc5)ccc43)c2)cc1.c1ccc(-c2ccc(-n3c4ccccc4c4cc(-c5ccc6c(c5)c5ccccc5n6-c5ccccc5)ccc43)c(-c3ccccc3)c2)cc1.c1ccc(-c2cccc(-n3c4ccccc4c4cc(-c5ccc6c(c5)c5ccccc5n6-c5ccccc5)ccc43)c2-c2ccccc2)cc1. The van der Waals surface area contributed by atoms with Crippen molar-refractivity contribution in [1.82, 2.24) is 27.4 Å². The van der Waals surface area contributed by atoms with Crippen LogP contribution in [0.4, 0.5) is 0 Å². The molecule has 0 aliphatic rings. The third-order valence-corrected chi connectivity index (χ3v) is 30.4. The minimum atomic E-state index is 1.17. The third-order valence-electron chi connectivity index (χ3n) is 30.4. The van der Waals surface area contributed by atoms with Crippen molar-refractivity contribution in [3.8, 4) is 134 Å². The normalized spacial score (nSPS) is 11.6.